The summed E-state index contributed by atoms with van der Waals surface area (Å²) < 4.78 is 0. The summed E-state index contributed by atoms with van der Waals surface area (Å²) in [7, 11) is 0. The average Bonchev–Trinajstić information content (AvgIpc) is 2.39. The highest BCUT2D eigenvalue weighted by Gasteiger charge is 2.14. The standard InChI is InChI=1S/C15H24N4O/c1-12(11-19-8-3-2-4-9-19)17-15(20)18-14-7-5-6-13(16)10-14/h5-7,10,12H,2-4,8-9,11,16H2,1H3,(H2,17,18,20). The molecule has 1 saturated heterocycles. The van der Waals surface area contributed by atoms with Gasteiger partial charge in [0.1, 0.15) is 0 Å². The summed E-state index contributed by atoms with van der Waals surface area (Å²) in [4.78, 5) is 14.3. The molecule has 1 aromatic rings. The highest BCUT2D eigenvalue weighted by Crippen LogP contribution is 2.12. The van der Waals surface area contributed by atoms with Crippen molar-refractivity contribution in [2.75, 3.05) is 30.7 Å². The largest absolute Gasteiger partial charge is 0.399 e. The van der Waals surface area contributed by atoms with Crippen LogP contribution in [0.1, 0.15) is 26.2 Å². The summed E-state index contributed by atoms with van der Waals surface area (Å²) in [5, 5.41) is 5.76. The van der Waals surface area contributed by atoms with Crippen molar-refractivity contribution < 1.29 is 4.79 Å². The molecule has 1 heterocycles. The summed E-state index contributed by atoms with van der Waals surface area (Å²) in [6.45, 7) is 5.23. The normalized spacial score (nSPS) is 17.4. The topological polar surface area (TPSA) is 70.4 Å². The third-order valence-corrected chi connectivity index (χ3v) is 3.50. The summed E-state index contributed by atoms with van der Waals surface area (Å²) in [5.74, 6) is 0. The Morgan fingerprint density at radius 3 is 2.80 bits per heavy atom. The molecule has 110 valence electrons. The van der Waals surface area contributed by atoms with Gasteiger partial charge in [0.15, 0.2) is 0 Å². The highest BCUT2D eigenvalue weighted by atomic mass is 16.2. The van der Waals surface area contributed by atoms with Gasteiger partial charge < -0.3 is 21.3 Å². The lowest BCUT2D eigenvalue weighted by Crippen LogP contribution is -2.45. The molecule has 0 saturated carbocycles. The molecule has 0 aromatic heterocycles. The lowest BCUT2D eigenvalue weighted by atomic mass is 10.1. The SMILES string of the molecule is CC(CN1CCCCC1)NC(=O)Nc1cccc(N)c1. The minimum atomic E-state index is -0.180. The van der Waals surface area contributed by atoms with Crippen molar-refractivity contribution in [1.29, 1.82) is 0 Å². The summed E-state index contributed by atoms with van der Waals surface area (Å²) in [6, 6.07) is 7.14. The number of likely N-dealkylation sites (tertiary alicyclic amines) is 1. The molecule has 1 atom stereocenters. The Morgan fingerprint density at radius 1 is 1.35 bits per heavy atom. The first-order valence-electron chi connectivity index (χ1n) is 7.29. The van der Waals surface area contributed by atoms with Gasteiger partial charge >= 0.3 is 6.03 Å². The summed E-state index contributed by atoms with van der Waals surface area (Å²) in [6.07, 6.45) is 3.86. The zero-order valence-electron chi connectivity index (χ0n) is 12.1. The Labute approximate surface area is 120 Å². The number of hydrogen-bond donors (Lipinski definition) is 3. The number of carbonyl (C=O) groups is 1. The van der Waals surface area contributed by atoms with Crippen LogP contribution < -0.4 is 16.4 Å². The molecule has 4 N–H and O–H groups in total. The molecule has 0 radical (unpaired) electrons. The third kappa shape index (κ3) is 4.74. The van der Waals surface area contributed by atoms with E-state index in [0.717, 1.165) is 19.6 Å². The lowest BCUT2D eigenvalue weighted by Gasteiger charge is -2.29. The molecule has 1 aliphatic rings. The van der Waals surface area contributed by atoms with Crippen LogP contribution in [-0.4, -0.2) is 36.6 Å². The number of nitrogen functional groups attached to an aromatic ring is 1. The van der Waals surface area contributed by atoms with Crippen molar-refractivity contribution in [1.82, 2.24) is 10.2 Å². The number of nitrogens with zero attached hydrogens (tertiary/aromatic N) is 1. The van der Waals surface area contributed by atoms with Crippen molar-refractivity contribution >= 4 is 17.4 Å². The number of benzene rings is 1. The molecular weight excluding hydrogens is 252 g/mol. The van der Waals surface area contributed by atoms with Gasteiger partial charge in [-0.1, -0.05) is 12.5 Å². The van der Waals surface area contributed by atoms with E-state index in [1.54, 1.807) is 12.1 Å². The Morgan fingerprint density at radius 2 is 2.10 bits per heavy atom. The number of carbonyl (C=O) groups excluding carboxylic acids is 1. The molecule has 2 rings (SSSR count). The molecule has 20 heavy (non-hydrogen) atoms. The van der Waals surface area contributed by atoms with Gasteiger partial charge in [-0.3, -0.25) is 0 Å². The summed E-state index contributed by atoms with van der Waals surface area (Å²) >= 11 is 0. The van der Waals surface area contributed by atoms with Crippen LogP contribution in [-0.2, 0) is 0 Å². The van der Waals surface area contributed by atoms with Crippen molar-refractivity contribution in [2.45, 2.75) is 32.2 Å². The van der Waals surface area contributed by atoms with Gasteiger partial charge in [-0.05, 0) is 51.1 Å². The summed E-state index contributed by atoms with van der Waals surface area (Å²) in [5.41, 5.74) is 7.04. The zero-order valence-corrected chi connectivity index (χ0v) is 12.1. The van der Waals surface area contributed by atoms with Gasteiger partial charge in [-0.25, -0.2) is 4.79 Å². The number of nitrogens with two attached hydrogens (primary N) is 1. The molecule has 1 fully saturated rings. The second kappa shape index (κ2) is 7.14. The molecule has 2 amide bonds. The molecule has 0 aliphatic carbocycles. The van der Waals surface area contributed by atoms with E-state index in [0.29, 0.717) is 11.4 Å². The van der Waals surface area contributed by atoms with Crippen molar-refractivity contribution in [3.05, 3.63) is 24.3 Å². The van der Waals surface area contributed by atoms with Crippen LogP contribution in [0.5, 0.6) is 0 Å². The Balaban J connectivity index is 1.75. The van der Waals surface area contributed by atoms with Crippen LogP contribution in [0.4, 0.5) is 16.2 Å². The van der Waals surface area contributed by atoms with Crippen molar-refractivity contribution in [2.24, 2.45) is 0 Å². The van der Waals surface area contributed by atoms with Crippen LogP contribution in [0.15, 0.2) is 24.3 Å². The number of amides is 2. The van der Waals surface area contributed by atoms with Gasteiger partial charge in [-0.2, -0.15) is 0 Å². The maximum atomic E-state index is 11.9. The number of anilines is 2. The number of hydrogen-bond acceptors (Lipinski definition) is 3. The van der Waals surface area contributed by atoms with Gasteiger partial charge in [0.25, 0.3) is 0 Å². The van der Waals surface area contributed by atoms with E-state index in [1.165, 1.54) is 19.3 Å². The minimum absolute atomic E-state index is 0.133. The quantitative estimate of drug-likeness (QED) is 0.739. The number of urea groups is 1. The predicted octanol–water partition coefficient (Wildman–Crippen LogP) is 2.26. The smallest absolute Gasteiger partial charge is 0.319 e. The zero-order chi connectivity index (χ0) is 14.4. The fourth-order valence-electron chi connectivity index (χ4n) is 2.58. The Kier molecular flexibility index (Phi) is 5.24. The number of rotatable bonds is 4. The monoisotopic (exact) mass is 276 g/mol. The lowest BCUT2D eigenvalue weighted by molar-refractivity contribution is 0.206. The van der Waals surface area contributed by atoms with E-state index in [4.69, 9.17) is 5.73 Å². The minimum Gasteiger partial charge on any atom is -0.399 e. The Hall–Kier alpha value is -1.75. The molecule has 1 aromatic carbocycles. The highest BCUT2D eigenvalue weighted by molar-refractivity contribution is 5.89. The van der Waals surface area contributed by atoms with Crippen LogP contribution in [0.2, 0.25) is 0 Å². The second-order valence-electron chi connectivity index (χ2n) is 5.49. The second-order valence-corrected chi connectivity index (χ2v) is 5.49. The Bertz CT molecular complexity index is 443. The fraction of sp³-hybridized carbons (Fsp3) is 0.533. The van der Waals surface area contributed by atoms with E-state index < -0.39 is 0 Å². The number of nitrogens with one attached hydrogen (secondary N) is 2. The van der Waals surface area contributed by atoms with Gasteiger partial charge in [0.05, 0.1) is 0 Å². The maximum Gasteiger partial charge on any atom is 0.319 e. The maximum absolute atomic E-state index is 11.9. The molecule has 1 unspecified atom stereocenters. The van der Waals surface area contributed by atoms with E-state index in [9.17, 15) is 4.79 Å². The molecular formula is C15H24N4O. The molecule has 5 heteroatoms. The first-order valence-corrected chi connectivity index (χ1v) is 7.29. The molecule has 0 bridgehead atoms. The van der Waals surface area contributed by atoms with Crippen molar-refractivity contribution in [3.8, 4) is 0 Å². The van der Waals surface area contributed by atoms with Gasteiger partial charge in [-0.15, -0.1) is 0 Å². The van der Waals surface area contributed by atoms with E-state index in [-0.39, 0.29) is 12.1 Å². The molecule has 0 spiro atoms. The first kappa shape index (κ1) is 14.7. The van der Waals surface area contributed by atoms with Gasteiger partial charge in [0.2, 0.25) is 0 Å². The van der Waals surface area contributed by atoms with E-state index >= 15 is 0 Å². The molecule has 5 nitrogen and oxygen atoms in total. The van der Waals surface area contributed by atoms with E-state index in [2.05, 4.69) is 15.5 Å². The number of piperidine rings is 1. The fourth-order valence-corrected chi connectivity index (χ4v) is 2.58. The third-order valence-electron chi connectivity index (χ3n) is 3.50. The van der Waals surface area contributed by atoms with Crippen LogP contribution >= 0.6 is 0 Å². The first-order chi connectivity index (χ1) is 9.63. The van der Waals surface area contributed by atoms with Gasteiger partial charge in [0, 0.05) is 24.0 Å². The molecule has 1 aliphatic heterocycles. The van der Waals surface area contributed by atoms with Crippen LogP contribution in [0.3, 0.4) is 0 Å². The predicted molar refractivity (Wildman–Crippen MR) is 82.8 cm³/mol. The average molecular weight is 276 g/mol. The van der Waals surface area contributed by atoms with E-state index in [1.807, 2.05) is 19.1 Å². The van der Waals surface area contributed by atoms with Crippen LogP contribution in [0.25, 0.3) is 0 Å². The van der Waals surface area contributed by atoms with Crippen LogP contribution in [0, 0.1) is 0 Å². The van der Waals surface area contributed by atoms with Crippen molar-refractivity contribution in [3.63, 3.8) is 0 Å².